The Morgan fingerprint density at radius 2 is 2.18 bits per heavy atom. The molecule has 0 aliphatic rings. The molecule has 11 heavy (non-hydrogen) atoms. The Bertz CT molecular complexity index is 112. The van der Waals surface area contributed by atoms with Crippen LogP contribution in [-0.4, -0.2) is 19.6 Å². The molecule has 1 unspecified atom stereocenters. The molecule has 0 heterocycles. The maximum Gasteiger partial charge on any atom is 0.0458 e. The van der Waals surface area contributed by atoms with Crippen LogP contribution >= 0.6 is 0 Å². The molecule has 0 amide bonds. The Hall–Kier alpha value is -0.540. The molecule has 0 fully saturated rings. The van der Waals surface area contributed by atoms with Crippen LogP contribution in [0.1, 0.15) is 19.3 Å². The topological polar surface area (TPSA) is 64.1 Å². The summed E-state index contributed by atoms with van der Waals surface area (Å²) in [6.07, 6.45) is 3.20. The van der Waals surface area contributed by atoms with Gasteiger partial charge in [0.15, 0.2) is 0 Å². The average Bonchev–Trinajstić information content (AvgIpc) is 1.97. The molecule has 0 saturated heterocycles. The van der Waals surface area contributed by atoms with Crippen molar-refractivity contribution in [3.63, 3.8) is 0 Å². The molecule has 0 aromatic rings. The van der Waals surface area contributed by atoms with Gasteiger partial charge in [0.25, 0.3) is 0 Å². The van der Waals surface area contributed by atoms with Crippen molar-refractivity contribution in [1.82, 2.24) is 5.32 Å². The summed E-state index contributed by atoms with van der Waals surface area (Å²) < 4.78 is 0. The van der Waals surface area contributed by atoms with Crippen LogP contribution in [0.15, 0.2) is 12.3 Å². The summed E-state index contributed by atoms with van der Waals surface area (Å²) in [6, 6.07) is 0.251. The van der Waals surface area contributed by atoms with Crippen molar-refractivity contribution in [3.05, 3.63) is 12.3 Å². The predicted octanol–water partition coefficient (Wildman–Crippen LogP) is 0.176. The first-order valence-electron chi connectivity index (χ1n) is 4.04. The normalized spacial score (nSPS) is 12.9. The van der Waals surface area contributed by atoms with E-state index in [1.807, 2.05) is 7.05 Å². The number of hydrogen-bond donors (Lipinski definition) is 3. The average molecular weight is 157 g/mol. The van der Waals surface area contributed by atoms with E-state index in [4.69, 9.17) is 11.5 Å². The molecule has 1 atom stereocenters. The summed E-state index contributed by atoms with van der Waals surface area (Å²) in [4.78, 5) is 0. The molecule has 0 aliphatic heterocycles. The van der Waals surface area contributed by atoms with Crippen molar-refractivity contribution >= 4 is 0 Å². The highest BCUT2D eigenvalue weighted by atomic mass is 14.9. The number of hydrogen-bond acceptors (Lipinski definition) is 3. The zero-order valence-electron chi connectivity index (χ0n) is 7.27. The fourth-order valence-electron chi connectivity index (χ4n) is 1.01. The van der Waals surface area contributed by atoms with Crippen LogP contribution < -0.4 is 16.8 Å². The summed E-state index contributed by atoms with van der Waals surface area (Å²) in [5.74, 6) is 0. The molecule has 0 aromatic heterocycles. The van der Waals surface area contributed by atoms with Gasteiger partial charge in [0.2, 0.25) is 0 Å². The number of nitrogens with one attached hydrogen (secondary N) is 1. The van der Waals surface area contributed by atoms with E-state index >= 15 is 0 Å². The van der Waals surface area contributed by atoms with E-state index in [2.05, 4.69) is 11.9 Å². The molecule has 3 heteroatoms. The van der Waals surface area contributed by atoms with Crippen LogP contribution in [0, 0.1) is 0 Å². The Balaban J connectivity index is 3.44. The second-order valence-corrected chi connectivity index (χ2v) is 2.70. The van der Waals surface area contributed by atoms with Crippen molar-refractivity contribution in [2.75, 3.05) is 13.6 Å². The van der Waals surface area contributed by atoms with Crippen molar-refractivity contribution < 1.29 is 0 Å². The highest BCUT2D eigenvalue weighted by Crippen LogP contribution is 2.03. The monoisotopic (exact) mass is 157 g/mol. The molecule has 5 N–H and O–H groups in total. The van der Waals surface area contributed by atoms with E-state index < -0.39 is 0 Å². The molecule has 0 rings (SSSR count). The summed E-state index contributed by atoms with van der Waals surface area (Å²) in [7, 11) is 1.89. The third-order valence-corrected chi connectivity index (χ3v) is 1.74. The van der Waals surface area contributed by atoms with E-state index in [-0.39, 0.29) is 6.04 Å². The summed E-state index contributed by atoms with van der Waals surface area (Å²) in [5.41, 5.74) is 11.6. The highest BCUT2D eigenvalue weighted by Gasteiger charge is 2.05. The number of unbranched alkanes of at least 4 members (excludes halogenated alkanes) is 1. The second-order valence-electron chi connectivity index (χ2n) is 2.70. The summed E-state index contributed by atoms with van der Waals surface area (Å²) in [6.45, 7) is 4.45. The Morgan fingerprint density at radius 1 is 1.55 bits per heavy atom. The first-order chi connectivity index (χ1) is 5.22. The number of nitrogens with two attached hydrogens (primary N) is 2. The van der Waals surface area contributed by atoms with Gasteiger partial charge in [-0.1, -0.05) is 13.0 Å². The van der Waals surface area contributed by atoms with E-state index in [1.54, 1.807) is 0 Å². The SMILES string of the molecule is C=C(N)C(CCCCN)NC. The third kappa shape index (κ3) is 4.81. The minimum absolute atomic E-state index is 0.251. The second kappa shape index (κ2) is 6.19. The Kier molecular flexibility index (Phi) is 5.88. The minimum atomic E-state index is 0.251. The molecule has 0 spiro atoms. The van der Waals surface area contributed by atoms with E-state index in [1.165, 1.54) is 0 Å². The molecule has 66 valence electrons. The highest BCUT2D eigenvalue weighted by molar-refractivity contribution is 4.98. The van der Waals surface area contributed by atoms with Gasteiger partial charge in [-0.3, -0.25) is 0 Å². The Morgan fingerprint density at radius 3 is 2.55 bits per heavy atom. The first kappa shape index (κ1) is 10.5. The number of rotatable bonds is 6. The van der Waals surface area contributed by atoms with Gasteiger partial charge < -0.3 is 16.8 Å². The van der Waals surface area contributed by atoms with Gasteiger partial charge in [-0.2, -0.15) is 0 Å². The lowest BCUT2D eigenvalue weighted by atomic mass is 10.1. The maximum atomic E-state index is 5.54. The van der Waals surface area contributed by atoms with Gasteiger partial charge >= 0.3 is 0 Å². The quantitative estimate of drug-likeness (QED) is 0.482. The lowest BCUT2D eigenvalue weighted by Gasteiger charge is -2.14. The minimum Gasteiger partial charge on any atom is -0.401 e. The fraction of sp³-hybridized carbons (Fsp3) is 0.750. The third-order valence-electron chi connectivity index (χ3n) is 1.74. The standard InChI is InChI=1S/C8H19N3/c1-7(10)8(11-2)5-3-4-6-9/h8,11H,1,3-6,9-10H2,2H3. The van der Waals surface area contributed by atoms with Crippen LogP contribution in [0.3, 0.4) is 0 Å². The zero-order valence-corrected chi connectivity index (χ0v) is 7.27. The lowest BCUT2D eigenvalue weighted by Crippen LogP contribution is -2.30. The van der Waals surface area contributed by atoms with Gasteiger partial charge in [0, 0.05) is 11.7 Å². The van der Waals surface area contributed by atoms with E-state index in [0.29, 0.717) is 5.70 Å². The predicted molar refractivity (Wildman–Crippen MR) is 49.1 cm³/mol. The van der Waals surface area contributed by atoms with Gasteiger partial charge in [0.05, 0.1) is 0 Å². The molecule has 0 aromatic carbocycles. The van der Waals surface area contributed by atoms with Crippen molar-refractivity contribution in [2.45, 2.75) is 25.3 Å². The molecule has 0 radical (unpaired) electrons. The van der Waals surface area contributed by atoms with E-state index in [0.717, 1.165) is 25.8 Å². The lowest BCUT2D eigenvalue weighted by molar-refractivity contribution is 0.547. The Labute approximate surface area is 68.8 Å². The van der Waals surface area contributed by atoms with Crippen molar-refractivity contribution in [1.29, 1.82) is 0 Å². The van der Waals surface area contributed by atoms with Crippen molar-refractivity contribution in [3.8, 4) is 0 Å². The van der Waals surface area contributed by atoms with Crippen LogP contribution in [0.25, 0.3) is 0 Å². The van der Waals surface area contributed by atoms with Crippen LogP contribution in [0.5, 0.6) is 0 Å². The maximum absolute atomic E-state index is 5.54. The smallest absolute Gasteiger partial charge is 0.0458 e. The molecule has 0 aliphatic carbocycles. The van der Waals surface area contributed by atoms with Crippen LogP contribution in [0.2, 0.25) is 0 Å². The molecule has 3 nitrogen and oxygen atoms in total. The molecular formula is C8H19N3. The van der Waals surface area contributed by atoms with Gasteiger partial charge in [-0.05, 0) is 26.4 Å². The summed E-state index contributed by atoms with van der Waals surface area (Å²) in [5, 5.41) is 3.10. The molecule has 0 saturated carbocycles. The largest absolute Gasteiger partial charge is 0.401 e. The first-order valence-corrected chi connectivity index (χ1v) is 4.04. The van der Waals surface area contributed by atoms with Gasteiger partial charge in [-0.15, -0.1) is 0 Å². The van der Waals surface area contributed by atoms with Gasteiger partial charge in [0.1, 0.15) is 0 Å². The summed E-state index contributed by atoms with van der Waals surface area (Å²) >= 11 is 0. The molecule has 0 bridgehead atoms. The van der Waals surface area contributed by atoms with E-state index in [9.17, 15) is 0 Å². The van der Waals surface area contributed by atoms with Crippen LogP contribution in [0.4, 0.5) is 0 Å². The zero-order chi connectivity index (χ0) is 8.69. The fourth-order valence-corrected chi connectivity index (χ4v) is 1.01. The van der Waals surface area contributed by atoms with Crippen molar-refractivity contribution in [2.24, 2.45) is 11.5 Å². The van der Waals surface area contributed by atoms with Gasteiger partial charge in [-0.25, -0.2) is 0 Å². The van der Waals surface area contributed by atoms with Crippen LogP contribution in [-0.2, 0) is 0 Å². The molecular weight excluding hydrogens is 138 g/mol. The number of likely N-dealkylation sites (N-methyl/N-ethyl adjacent to an activating group) is 1.